The molecular weight excluding hydrogens is 642 g/mol. The van der Waals surface area contributed by atoms with E-state index >= 15 is 0 Å². The molecule has 2 aromatic rings. The van der Waals surface area contributed by atoms with E-state index in [2.05, 4.69) is 26.0 Å². The Balaban J connectivity index is 0.00000236. The zero-order valence-electron chi connectivity index (χ0n) is 28.5. The van der Waals surface area contributed by atoms with Crippen LogP contribution in [0.2, 0.25) is 0 Å². The summed E-state index contributed by atoms with van der Waals surface area (Å²) in [7, 11) is -5.24. The number of hydrogen-bond donors (Lipinski definition) is 9. The lowest BCUT2D eigenvalue weighted by atomic mass is 9.78. The van der Waals surface area contributed by atoms with Gasteiger partial charge in [-0.2, -0.15) is 0 Å². The van der Waals surface area contributed by atoms with Crippen molar-refractivity contribution in [2.24, 2.45) is 5.41 Å². The summed E-state index contributed by atoms with van der Waals surface area (Å²) in [6.45, 7) is 3.40. The van der Waals surface area contributed by atoms with Crippen LogP contribution in [0.1, 0.15) is 127 Å². The summed E-state index contributed by atoms with van der Waals surface area (Å²) in [5.41, 5.74) is 2.07. The number of unbranched alkanes of at least 4 members (excludes halogenated alkanes) is 12. The van der Waals surface area contributed by atoms with E-state index in [0.29, 0.717) is 0 Å². The van der Waals surface area contributed by atoms with Gasteiger partial charge in [-0.25, -0.2) is 0 Å². The molecule has 47 heavy (non-hydrogen) atoms. The maximum absolute atomic E-state index is 10.4. The van der Waals surface area contributed by atoms with Gasteiger partial charge in [0.2, 0.25) is 0 Å². The Morgan fingerprint density at radius 3 is 1.34 bits per heavy atom. The van der Waals surface area contributed by atoms with Crippen LogP contribution in [0.5, 0.6) is 5.75 Å². The third-order valence-electron chi connectivity index (χ3n) is 8.16. The number of benzene rings is 2. The Morgan fingerprint density at radius 1 is 0.532 bits per heavy atom. The van der Waals surface area contributed by atoms with E-state index in [1.165, 1.54) is 82.6 Å². The molecule has 272 valence electrons. The van der Waals surface area contributed by atoms with E-state index in [-0.39, 0.29) is 19.8 Å². The number of aliphatic hydroxyl groups is 3. The van der Waals surface area contributed by atoms with Gasteiger partial charge in [-0.15, -0.1) is 0 Å². The summed E-state index contributed by atoms with van der Waals surface area (Å²) in [4.78, 5) is 43.4. The summed E-state index contributed by atoms with van der Waals surface area (Å²) in [5.74, 6) is 0.777. The molecule has 2 aromatic carbocycles. The molecule has 0 heterocycles. The van der Waals surface area contributed by atoms with Crippen LogP contribution in [0.4, 0.5) is 0 Å². The molecule has 0 aliphatic heterocycles. The molecule has 12 heteroatoms. The van der Waals surface area contributed by atoms with E-state index in [1.54, 1.807) is 0 Å². The molecule has 2 rings (SSSR count). The standard InChI is InChI=1S/C35H56O4.2H3O3P/c1-3-5-7-9-11-13-15-21-30-22-17-19-25-32(30)34(35(27-36,28-37)29-38)39-33-26-20-18-24-31(33)23-16-14-12-10-8-6-4-2;2*1-4(2)3/h17-20,22,24-26,34,36-38H,3-16,21,23,27-29H2,1-2H3;2*1-3H. The van der Waals surface area contributed by atoms with Crippen LogP contribution in [-0.2, 0) is 12.8 Å². The Labute approximate surface area is 285 Å². The monoisotopic (exact) mass is 704 g/mol. The van der Waals surface area contributed by atoms with Crippen molar-refractivity contribution < 1.29 is 49.4 Å². The lowest BCUT2D eigenvalue weighted by Gasteiger charge is -2.38. The maximum atomic E-state index is 10.4. The minimum atomic E-state index is -2.62. The van der Waals surface area contributed by atoms with Crippen molar-refractivity contribution in [3.8, 4) is 5.75 Å². The van der Waals surface area contributed by atoms with Crippen molar-refractivity contribution in [3.63, 3.8) is 0 Å². The molecule has 0 amide bonds. The second-order valence-corrected chi connectivity index (χ2v) is 13.0. The topological polar surface area (TPSA) is 191 Å². The summed E-state index contributed by atoms with van der Waals surface area (Å²) < 4.78 is 6.71. The van der Waals surface area contributed by atoms with Crippen LogP contribution in [0.3, 0.4) is 0 Å². The Kier molecular flexibility index (Phi) is 28.8. The summed E-state index contributed by atoms with van der Waals surface area (Å²) in [5, 5.41) is 31.3. The third kappa shape index (κ3) is 21.4. The molecule has 0 fully saturated rings. The molecule has 0 radical (unpaired) electrons. The highest BCUT2D eigenvalue weighted by Gasteiger charge is 2.42. The number of aryl methyl sites for hydroxylation is 2. The van der Waals surface area contributed by atoms with Crippen LogP contribution in [-0.4, -0.2) is 64.5 Å². The molecule has 0 bridgehead atoms. The Hall–Kier alpha value is -1.26. The van der Waals surface area contributed by atoms with E-state index in [0.717, 1.165) is 42.6 Å². The van der Waals surface area contributed by atoms with Crippen LogP contribution in [0.15, 0.2) is 48.5 Å². The molecule has 0 saturated heterocycles. The van der Waals surface area contributed by atoms with Gasteiger partial charge in [0, 0.05) is 0 Å². The first-order chi connectivity index (χ1) is 22.6. The summed E-state index contributed by atoms with van der Waals surface area (Å²) in [6, 6.07) is 16.3. The number of aliphatic hydroxyl groups excluding tert-OH is 3. The minimum Gasteiger partial charge on any atom is -0.485 e. The first-order valence-corrected chi connectivity index (χ1v) is 19.4. The van der Waals surface area contributed by atoms with Crippen molar-refractivity contribution in [1.82, 2.24) is 0 Å². The second-order valence-electron chi connectivity index (χ2n) is 11.9. The van der Waals surface area contributed by atoms with E-state index in [9.17, 15) is 15.3 Å². The largest absolute Gasteiger partial charge is 0.485 e. The molecule has 1 atom stereocenters. The SMILES string of the molecule is CCCCCCCCCc1ccccc1OC(c1ccccc1CCCCCCCCC)C(CO)(CO)CO.OP(O)O.OP(O)O. The van der Waals surface area contributed by atoms with Crippen LogP contribution in [0, 0.1) is 5.41 Å². The highest BCUT2D eigenvalue weighted by Crippen LogP contribution is 2.40. The van der Waals surface area contributed by atoms with Gasteiger partial charge in [0.1, 0.15) is 11.9 Å². The predicted molar refractivity (Wildman–Crippen MR) is 190 cm³/mol. The molecule has 0 spiro atoms. The number of para-hydroxylation sites is 1. The van der Waals surface area contributed by atoms with Crippen LogP contribution < -0.4 is 4.74 Å². The smallest absolute Gasteiger partial charge is 0.324 e. The lowest BCUT2D eigenvalue weighted by Crippen LogP contribution is -2.43. The first kappa shape index (κ1) is 45.7. The highest BCUT2D eigenvalue weighted by molar-refractivity contribution is 7.38. The minimum absolute atomic E-state index is 0.365. The first-order valence-electron chi connectivity index (χ1n) is 17.0. The van der Waals surface area contributed by atoms with Crippen LogP contribution in [0.25, 0.3) is 0 Å². The van der Waals surface area contributed by atoms with Gasteiger partial charge < -0.3 is 49.4 Å². The summed E-state index contributed by atoms with van der Waals surface area (Å²) in [6.07, 6.45) is 18.7. The molecule has 1 unspecified atom stereocenters. The van der Waals surface area contributed by atoms with Gasteiger partial charge >= 0.3 is 17.2 Å². The summed E-state index contributed by atoms with van der Waals surface area (Å²) >= 11 is 0. The maximum Gasteiger partial charge on any atom is 0.324 e. The Bertz CT molecular complexity index is 973. The van der Waals surface area contributed by atoms with Gasteiger partial charge in [0.25, 0.3) is 0 Å². The number of rotatable bonds is 23. The van der Waals surface area contributed by atoms with E-state index < -0.39 is 28.7 Å². The Morgan fingerprint density at radius 2 is 0.894 bits per heavy atom. The van der Waals surface area contributed by atoms with Gasteiger partial charge in [-0.05, 0) is 48.4 Å². The lowest BCUT2D eigenvalue weighted by molar-refractivity contribution is -0.0748. The zero-order chi connectivity index (χ0) is 35.3. The van der Waals surface area contributed by atoms with Crippen molar-refractivity contribution in [3.05, 3.63) is 65.2 Å². The van der Waals surface area contributed by atoms with E-state index in [4.69, 9.17) is 34.1 Å². The quantitative estimate of drug-likeness (QED) is 0.0442. The average molecular weight is 705 g/mol. The van der Waals surface area contributed by atoms with Crippen molar-refractivity contribution in [1.29, 1.82) is 0 Å². The van der Waals surface area contributed by atoms with E-state index in [1.807, 2.05) is 36.4 Å². The molecule has 0 saturated carbocycles. The normalized spacial score (nSPS) is 11.9. The predicted octanol–water partition coefficient (Wildman–Crippen LogP) is 6.74. The molecule has 0 aliphatic rings. The van der Waals surface area contributed by atoms with Gasteiger partial charge in [-0.1, -0.05) is 133 Å². The molecule has 0 aromatic heterocycles. The highest BCUT2D eigenvalue weighted by atomic mass is 31.2. The molecular formula is C35H62O10P2. The van der Waals surface area contributed by atoms with Crippen molar-refractivity contribution >= 4 is 17.2 Å². The van der Waals surface area contributed by atoms with Crippen LogP contribution >= 0.6 is 17.2 Å². The van der Waals surface area contributed by atoms with Crippen molar-refractivity contribution in [2.75, 3.05) is 19.8 Å². The average Bonchev–Trinajstić information content (AvgIpc) is 3.05. The van der Waals surface area contributed by atoms with Crippen molar-refractivity contribution in [2.45, 2.75) is 123 Å². The second kappa shape index (κ2) is 29.6. The van der Waals surface area contributed by atoms with Gasteiger partial charge in [0.15, 0.2) is 0 Å². The molecule has 0 aliphatic carbocycles. The number of hydrogen-bond acceptors (Lipinski definition) is 10. The number of ether oxygens (including phenoxy) is 1. The fraction of sp³-hybridized carbons (Fsp3) is 0.657. The zero-order valence-corrected chi connectivity index (χ0v) is 30.2. The molecule has 10 nitrogen and oxygen atoms in total. The fourth-order valence-electron chi connectivity index (χ4n) is 5.43. The molecule has 9 N–H and O–H groups in total. The fourth-order valence-corrected chi connectivity index (χ4v) is 5.43. The third-order valence-corrected chi connectivity index (χ3v) is 8.16. The van der Waals surface area contributed by atoms with Gasteiger partial charge in [0.05, 0.1) is 25.2 Å². The van der Waals surface area contributed by atoms with Gasteiger partial charge in [-0.3, -0.25) is 0 Å².